The summed E-state index contributed by atoms with van der Waals surface area (Å²) in [6, 6.07) is 0. The monoisotopic (exact) mass is 336 g/mol. The van der Waals surface area contributed by atoms with Gasteiger partial charge in [0.2, 0.25) is 0 Å². The van der Waals surface area contributed by atoms with Crippen LogP contribution in [-0.2, 0) is 28.5 Å². The number of hydrogen-bond acceptors (Lipinski definition) is 6. The quantitative estimate of drug-likeness (QED) is 0.366. The molecule has 6 heteroatoms. The van der Waals surface area contributed by atoms with Gasteiger partial charge in [0.1, 0.15) is 0 Å². The Hall–Kier alpha value is -2.34. The second-order valence-electron chi connectivity index (χ2n) is 5.77. The first kappa shape index (κ1) is 19.7. The number of rotatable bonds is 9. The van der Waals surface area contributed by atoms with Crippen molar-refractivity contribution in [3.8, 4) is 0 Å². The molecule has 6 nitrogen and oxygen atoms in total. The van der Waals surface area contributed by atoms with E-state index in [9.17, 15) is 9.59 Å². The molecule has 1 aliphatic heterocycles. The van der Waals surface area contributed by atoms with Crippen molar-refractivity contribution in [1.29, 1.82) is 0 Å². The van der Waals surface area contributed by atoms with Crippen molar-refractivity contribution >= 4 is 11.9 Å². The third kappa shape index (κ3) is 5.70. The van der Waals surface area contributed by atoms with E-state index < -0.39 is 23.8 Å². The molecule has 0 N–H and O–H groups in total. The molecule has 0 amide bonds. The molecule has 1 aliphatic rings. The number of carbonyl (C=O) groups is 2. The summed E-state index contributed by atoms with van der Waals surface area (Å²) >= 11 is 0. The minimum atomic E-state index is -1.62. The molecular weight excluding hydrogens is 312 g/mol. The maximum atomic E-state index is 12.1. The molecule has 24 heavy (non-hydrogen) atoms. The molecule has 0 aromatic heterocycles. The summed E-state index contributed by atoms with van der Waals surface area (Å²) in [6.07, 6.45) is 6.76. The highest BCUT2D eigenvalue weighted by molar-refractivity contribution is 5.87. The molecule has 0 fully saturated rings. The zero-order chi connectivity index (χ0) is 18.2. The second kappa shape index (κ2) is 9.08. The molecule has 0 aromatic carbocycles. The van der Waals surface area contributed by atoms with Crippen LogP contribution < -0.4 is 0 Å². The topological polar surface area (TPSA) is 71.1 Å². The van der Waals surface area contributed by atoms with E-state index in [1.54, 1.807) is 18.2 Å². The van der Waals surface area contributed by atoms with Crippen molar-refractivity contribution in [2.24, 2.45) is 5.92 Å². The van der Waals surface area contributed by atoms with Crippen molar-refractivity contribution < 1.29 is 28.5 Å². The molecule has 2 unspecified atom stereocenters. The molecule has 0 aliphatic carbocycles. The van der Waals surface area contributed by atoms with E-state index in [1.807, 2.05) is 13.8 Å². The van der Waals surface area contributed by atoms with Crippen LogP contribution in [-0.4, -0.2) is 37.0 Å². The summed E-state index contributed by atoms with van der Waals surface area (Å²) < 4.78 is 21.9. The Balaban J connectivity index is 3.12. The predicted molar refractivity (Wildman–Crippen MR) is 88.7 cm³/mol. The van der Waals surface area contributed by atoms with Gasteiger partial charge < -0.3 is 18.9 Å². The van der Waals surface area contributed by atoms with Crippen LogP contribution in [0, 0.1) is 5.92 Å². The summed E-state index contributed by atoms with van der Waals surface area (Å²) in [7, 11) is 0. The van der Waals surface area contributed by atoms with Gasteiger partial charge in [0.05, 0.1) is 12.9 Å². The molecule has 0 spiro atoms. The van der Waals surface area contributed by atoms with E-state index in [1.165, 1.54) is 13.2 Å². The van der Waals surface area contributed by atoms with Crippen LogP contribution in [0.2, 0.25) is 0 Å². The van der Waals surface area contributed by atoms with Crippen LogP contribution in [0.4, 0.5) is 0 Å². The van der Waals surface area contributed by atoms with E-state index in [4.69, 9.17) is 18.9 Å². The van der Waals surface area contributed by atoms with E-state index in [-0.39, 0.29) is 24.7 Å². The Labute approximate surface area is 142 Å². The molecule has 0 bridgehead atoms. The van der Waals surface area contributed by atoms with Gasteiger partial charge in [-0.3, -0.25) is 0 Å². The van der Waals surface area contributed by atoms with Crippen molar-refractivity contribution in [2.45, 2.75) is 32.7 Å². The summed E-state index contributed by atoms with van der Waals surface area (Å²) in [5.74, 6) is -2.79. The lowest BCUT2D eigenvalue weighted by Crippen LogP contribution is -2.53. The van der Waals surface area contributed by atoms with Gasteiger partial charge in [0, 0.05) is 11.6 Å². The lowest BCUT2D eigenvalue weighted by Gasteiger charge is -2.38. The second-order valence-corrected chi connectivity index (χ2v) is 5.77. The van der Waals surface area contributed by atoms with Gasteiger partial charge >= 0.3 is 11.9 Å². The number of carbonyl (C=O) groups excluding carboxylic acids is 2. The van der Waals surface area contributed by atoms with Crippen molar-refractivity contribution in [3.05, 3.63) is 49.3 Å². The van der Waals surface area contributed by atoms with Crippen molar-refractivity contribution in [3.63, 3.8) is 0 Å². The molecule has 0 aromatic rings. The predicted octanol–water partition coefficient (Wildman–Crippen LogP) is 2.67. The van der Waals surface area contributed by atoms with Gasteiger partial charge in [0.25, 0.3) is 5.79 Å². The first-order valence-corrected chi connectivity index (χ1v) is 7.61. The van der Waals surface area contributed by atoms with Crippen molar-refractivity contribution in [1.82, 2.24) is 0 Å². The highest BCUT2D eigenvalue weighted by Gasteiger charge is 2.46. The van der Waals surface area contributed by atoms with E-state index in [2.05, 4.69) is 13.2 Å². The maximum Gasteiger partial charge on any atom is 0.335 e. The van der Waals surface area contributed by atoms with Crippen LogP contribution in [0.15, 0.2) is 49.3 Å². The fourth-order valence-corrected chi connectivity index (χ4v) is 1.74. The summed E-state index contributed by atoms with van der Waals surface area (Å²) in [5.41, 5.74) is 0.193. The van der Waals surface area contributed by atoms with Crippen molar-refractivity contribution in [2.75, 3.05) is 13.2 Å². The normalized spacial score (nSPS) is 18.4. The molecule has 0 saturated carbocycles. The largest absolute Gasteiger partial charge is 0.487 e. The molecule has 0 saturated heterocycles. The van der Waals surface area contributed by atoms with E-state index >= 15 is 0 Å². The molecule has 0 radical (unpaired) electrons. The first-order chi connectivity index (χ1) is 11.3. The molecule has 1 heterocycles. The molecular formula is C18H24O6. The van der Waals surface area contributed by atoms with Gasteiger partial charge in [-0.1, -0.05) is 33.1 Å². The third-order valence-corrected chi connectivity index (χ3v) is 2.99. The van der Waals surface area contributed by atoms with Gasteiger partial charge in [-0.15, -0.1) is 0 Å². The minimum absolute atomic E-state index is 0.158. The SMILES string of the molecule is C=CC(=O)OCC(OCC(C)C)(OC(=O)C(=C)C)C1C=CC=CO1. The first-order valence-electron chi connectivity index (χ1n) is 7.61. The Morgan fingerprint density at radius 1 is 1.38 bits per heavy atom. The standard InChI is InChI=1S/C18H24O6/c1-6-16(19)22-12-18(23-11-13(2)3,24-17(20)14(4)5)15-9-7-8-10-21-15/h6-10,13,15H,1,4,11-12H2,2-3,5H3. The number of ether oxygens (including phenoxy) is 4. The van der Waals surface area contributed by atoms with Crippen LogP contribution in [0.5, 0.6) is 0 Å². The third-order valence-electron chi connectivity index (χ3n) is 2.99. The van der Waals surface area contributed by atoms with Crippen LogP contribution in [0.1, 0.15) is 20.8 Å². The van der Waals surface area contributed by atoms with Gasteiger partial charge in [-0.25, -0.2) is 9.59 Å². The minimum Gasteiger partial charge on any atom is -0.487 e. The van der Waals surface area contributed by atoms with E-state index in [0.29, 0.717) is 0 Å². The number of esters is 2. The summed E-state index contributed by atoms with van der Waals surface area (Å²) in [4.78, 5) is 23.6. The number of allylic oxidation sites excluding steroid dienone is 2. The van der Waals surface area contributed by atoms with Crippen LogP contribution in [0.25, 0.3) is 0 Å². The van der Waals surface area contributed by atoms with Gasteiger partial charge in [-0.2, -0.15) is 0 Å². The highest BCUT2D eigenvalue weighted by atomic mass is 16.8. The average Bonchev–Trinajstić information content (AvgIpc) is 2.57. The number of hydrogen-bond donors (Lipinski definition) is 0. The Bertz CT molecular complexity index is 546. The Morgan fingerprint density at radius 3 is 2.58 bits per heavy atom. The fourth-order valence-electron chi connectivity index (χ4n) is 1.74. The zero-order valence-corrected chi connectivity index (χ0v) is 14.3. The average molecular weight is 336 g/mol. The van der Waals surface area contributed by atoms with Crippen LogP contribution in [0.3, 0.4) is 0 Å². The molecule has 1 rings (SSSR count). The Kier molecular flexibility index (Phi) is 7.45. The smallest absolute Gasteiger partial charge is 0.335 e. The highest BCUT2D eigenvalue weighted by Crippen LogP contribution is 2.27. The lowest BCUT2D eigenvalue weighted by atomic mass is 10.1. The van der Waals surface area contributed by atoms with Gasteiger partial charge in [-0.05, 0) is 25.0 Å². The van der Waals surface area contributed by atoms with E-state index in [0.717, 1.165) is 6.08 Å². The summed E-state index contributed by atoms with van der Waals surface area (Å²) in [6.45, 7) is 12.2. The van der Waals surface area contributed by atoms with Crippen LogP contribution >= 0.6 is 0 Å². The fraction of sp³-hybridized carbons (Fsp3) is 0.444. The molecule has 2 atom stereocenters. The zero-order valence-electron chi connectivity index (χ0n) is 14.3. The van der Waals surface area contributed by atoms with Gasteiger partial charge in [0.15, 0.2) is 12.7 Å². The molecule has 132 valence electrons. The lowest BCUT2D eigenvalue weighted by molar-refractivity contribution is -0.279. The maximum absolute atomic E-state index is 12.1. The Morgan fingerprint density at radius 2 is 2.08 bits per heavy atom. The summed E-state index contributed by atoms with van der Waals surface area (Å²) in [5, 5.41) is 0.